The Balaban J connectivity index is 2.80. The van der Waals surface area contributed by atoms with Gasteiger partial charge in [0.2, 0.25) is 0 Å². The lowest BCUT2D eigenvalue weighted by Gasteiger charge is -2.15. The summed E-state index contributed by atoms with van der Waals surface area (Å²) in [5.74, 6) is 0.175. The molecule has 0 saturated heterocycles. The zero-order valence-corrected chi connectivity index (χ0v) is 11.7. The van der Waals surface area contributed by atoms with E-state index in [0.717, 1.165) is 12.1 Å². The molecule has 0 amide bonds. The largest absolute Gasteiger partial charge is 0.394 e. The lowest BCUT2D eigenvalue weighted by molar-refractivity contribution is 0.272. The fourth-order valence-electron chi connectivity index (χ4n) is 1.66. The molecule has 0 aromatic heterocycles. The van der Waals surface area contributed by atoms with Crippen molar-refractivity contribution in [3.8, 4) is 0 Å². The molecule has 1 aromatic rings. The average Bonchev–Trinajstić information content (AvgIpc) is 2.36. The van der Waals surface area contributed by atoms with Crippen molar-refractivity contribution in [1.29, 1.82) is 0 Å². The lowest BCUT2D eigenvalue weighted by Crippen LogP contribution is -2.22. The zero-order chi connectivity index (χ0) is 13.6. The van der Waals surface area contributed by atoms with Crippen LogP contribution in [0.2, 0.25) is 0 Å². The second-order valence-electron chi connectivity index (χ2n) is 4.28. The number of hydrogen-bond donors (Lipinski definition) is 2. The summed E-state index contributed by atoms with van der Waals surface area (Å²) in [5.41, 5.74) is 0.825. The van der Waals surface area contributed by atoms with Crippen molar-refractivity contribution in [1.82, 2.24) is 0 Å². The minimum Gasteiger partial charge on any atom is -0.394 e. The third-order valence-corrected chi connectivity index (χ3v) is 4.71. The summed E-state index contributed by atoms with van der Waals surface area (Å²) in [4.78, 5) is 0.354. The first-order valence-electron chi connectivity index (χ1n) is 6.23. The first-order chi connectivity index (χ1) is 8.53. The molecule has 0 aliphatic heterocycles. The summed E-state index contributed by atoms with van der Waals surface area (Å²) in [6.07, 6.45) is 1.43. The van der Waals surface area contributed by atoms with E-state index in [9.17, 15) is 8.42 Å². The maximum atomic E-state index is 11.8. The van der Waals surface area contributed by atoms with Crippen LogP contribution >= 0.6 is 0 Å². The van der Waals surface area contributed by atoms with Gasteiger partial charge < -0.3 is 10.4 Å². The van der Waals surface area contributed by atoms with Gasteiger partial charge in [-0.2, -0.15) is 0 Å². The number of benzene rings is 1. The Bertz CT molecular complexity index is 450. The first-order valence-corrected chi connectivity index (χ1v) is 7.89. The van der Waals surface area contributed by atoms with Gasteiger partial charge in [-0.05, 0) is 37.1 Å². The molecular formula is C13H21NO3S. The van der Waals surface area contributed by atoms with Crippen molar-refractivity contribution < 1.29 is 13.5 Å². The van der Waals surface area contributed by atoms with Crippen LogP contribution in [-0.4, -0.2) is 31.9 Å². The predicted molar refractivity (Wildman–Crippen MR) is 73.6 cm³/mol. The van der Waals surface area contributed by atoms with Gasteiger partial charge in [-0.1, -0.05) is 13.8 Å². The number of aliphatic hydroxyl groups is 1. The number of sulfone groups is 1. The van der Waals surface area contributed by atoms with Crippen molar-refractivity contribution in [3.63, 3.8) is 0 Å². The Morgan fingerprint density at radius 1 is 1.22 bits per heavy atom. The Kier molecular flexibility index (Phi) is 5.62. The van der Waals surface area contributed by atoms with Gasteiger partial charge in [0.25, 0.3) is 0 Å². The van der Waals surface area contributed by atoms with Gasteiger partial charge >= 0.3 is 0 Å². The van der Waals surface area contributed by atoms with Gasteiger partial charge in [-0.15, -0.1) is 0 Å². The molecular weight excluding hydrogens is 250 g/mol. The van der Waals surface area contributed by atoms with Gasteiger partial charge in [0.15, 0.2) is 9.84 Å². The van der Waals surface area contributed by atoms with E-state index < -0.39 is 9.84 Å². The monoisotopic (exact) mass is 271 g/mol. The number of rotatable bonds is 7. The molecule has 0 heterocycles. The zero-order valence-electron chi connectivity index (χ0n) is 10.9. The molecule has 1 atom stereocenters. The number of nitrogens with one attached hydrogen (secondary N) is 1. The van der Waals surface area contributed by atoms with Crippen LogP contribution in [0, 0.1) is 0 Å². The molecule has 4 nitrogen and oxygen atoms in total. The van der Waals surface area contributed by atoms with Crippen LogP contribution in [0.15, 0.2) is 29.2 Å². The quantitative estimate of drug-likeness (QED) is 0.796. The summed E-state index contributed by atoms with van der Waals surface area (Å²) in [6, 6.07) is 6.69. The van der Waals surface area contributed by atoms with Crippen molar-refractivity contribution >= 4 is 15.5 Å². The van der Waals surface area contributed by atoms with Gasteiger partial charge in [0.1, 0.15) is 0 Å². The number of anilines is 1. The van der Waals surface area contributed by atoms with Crippen LogP contribution in [0.5, 0.6) is 0 Å². The summed E-state index contributed by atoms with van der Waals surface area (Å²) < 4.78 is 23.6. The second kappa shape index (κ2) is 6.75. The van der Waals surface area contributed by atoms with Gasteiger partial charge in [-0.25, -0.2) is 8.42 Å². The van der Waals surface area contributed by atoms with Crippen molar-refractivity contribution in [2.24, 2.45) is 0 Å². The summed E-state index contributed by atoms with van der Waals surface area (Å²) in [6.45, 7) is 3.89. The van der Waals surface area contributed by atoms with Crippen molar-refractivity contribution in [3.05, 3.63) is 24.3 Å². The second-order valence-corrected chi connectivity index (χ2v) is 6.38. The highest BCUT2D eigenvalue weighted by Crippen LogP contribution is 2.17. The molecule has 0 spiro atoms. The van der Waals surface area contributed by atoms with Crippen LogP contribution in [0.3, 0.4) is 0 Å². The van der Waals surface area contributed by atoms with Crippen LogP contribution in [0.1, 0.15) is 26.7 Å². The molecule has 5 heteroatoms. The molecule has 18 heavy (non-hydrogen) atoms. The average molecular weight is 271 g/mol. The summed E-state index contributed by atoms with van der Waals surface area (Å²) in [5, 5.41) is 12.2. The fourth-order valence-corrected chi connectivity index (χ4v) is 2.98. The Labute approximate surface area is 109 Å². The Morgan fingerprint density at radius 2 is 1.83 bits per heavy atom. The maximum Gasteiger partial charge on any atom is 0.178 e. The minimum atomic E-state index is -3.14. The van der Waals surface area contributed by atoms with E-state index in [0.29, 0.717) is 11.3 Å². The molecule has 1 aromatic carbocycles. The van der Waals surface area contributed by atoms with E-state index in [1.54, 1.807) is 24.3 Å². The smallest absolute Gasteiger partial charge is 0.178 e. The highest BCUT2D eigenvalue weighted by Gasteiger charge is 2.12. The summed E-state index contributed by atoms with van der Waals surface area (Å²) in [7, 11) is -3.14. The summed E-state index contributed by atoms with van der Waals surface area (Å²) >= 11 is 0. The standard InChI is InChI=1S/C13H21NO3S/c1-3-9-18(16,17)13-7-5-12(6-8-13)14-11(4-2)10-15/h5-8,11,14-15H,3-4,9-10H2,1-2H3. The highest BCUT2D eigenvalue weighted by atomic mass is 32.2. The van der Waals surface area contributed by atoms with Crippen molar-refractivity contribution in [2.75, 3.05) is 17.7 Å². The van der Waals surface area contributed by atoms with E-state index in [4.69, 9.17) is 5.11 Å². The van der Waals surface area contributed by atoms with Crippen LogP contribution in [0.4, 0.5) is 5.69 Å². The van der Waals surface area contributed by atoms with Gasteiger partial charge in [-0.3, -0.25) is 0 Å². The topological polar surface area (TPSA) is 66.4 Å². The van der Waals surface area contributed by atoms with E-state index in [1.807, 2.05) is 13.8 Å². The third kappa shape index (κ3) is 3.99. The Hall–Kier alpha value is -1.07. The maximum absolute atomic E-state index is 11.8. The van der Waals surface area contributed by atoms with E-state index in [-0.39, 0.29) is 18.4 Å². The van der Waals surface area contributed by atoms with Crippen LogP contribution in [0.25, 0.3) is 0 Å². The van der Waals surface area contributed by atoms with E-state index in [2.05, 4.69) is 5.32 Å². The lowest BCUT2D eigenvalue weighted by atomic mass is 10.2. The van der Waals surface area contributed by atoms with Crippen LogP contribution in [-0.2, 0) is 9.84 Å². The third-order valence-electron chi connectivity index (χ3n) is 2.77. The van der Waals surface area contributed by atoms with E-state index in [1.165, 1.54) is 0 Å². The fraction of sp³-hybridized carbons (Fsp3) is 0.538. The molecule has 1 rings (SSSR count). The number of aliphatic hydroxyl groups excluding tert-OH is 1. The first kappa shape index (κ1) is 15.0. The molecule has 0 radical (unpaired) electrons. The van der Waals surface area contributed by atoms with Crippen molar-refractivity contribution in [2.45, 2.75) is 37.6 Å². The molecule has 2 N–H and O–H groups in total. The number of hydrogen-bond acceptors (Lipinski definition) is 4. The molecule has 0 saturated carbocycles. The normalized spacial score (nSPS) is 13.3. The molecule has 0 bridgehead atoms. The molecule has 0 aliphatic rings. The van der Waals surface area contributed by atoms with E-state index >= 15 is 0 Å². The molecule has 1 unspecified atom stereocenters. The minimum absolute atomic E-state index is 0.00287. The van der Waals surface area contributed by atoms with Crippen LogP contribution < -0.4 is 5.32 Å². The SMILES string of the molecule is CCCS(=O)(=O)c1ccc(NC(CC)CO)cc1. The molecule has 0 fully saturated rings. The van der Waals surface area contributed by atoms with Gasteiger partial charge in [0.05, 0.1) is 17.3 Å². The van der Waals surface area contributed by atoms with Gasteiger partial charge in [0, 0.05) is 11.7 Å². The molecule has 102 valence electrons. The predicted octanol–water partition coefficient (Wildman–Crippen LogP) is 2.05. The molecule has 0 aliphatic carbocycles. The Morgan fingerprint density at radius 3 is 2.28 bits per heavy atom. The highest BCUT2D eigenvalue weighted by molar-refractivity contribution is 7.91.